The monoisotopic (exact) mass is 1150 g/mol. The molecule has 8 aromatic rings. The normalized spacial score (nSPS) is 12.8. The van der Waals surface area contributed by atoms with Crippen LogP contribution < -0.4 is 15.8 Å². The Morgan fingerprint density at radius 2 is 0.835 bits per heavy atom. The van der Waals surface area contributed by atoms with Crippen molar-refractivity contribution in [2.45, 2.75) is 61.1 Å². The van der Waals surface area contributed by atoms with Gasteiger partial charge in [0, 0.05) is 22.1 Å². The van der Waals surface area contributed by atoms with Crippen LogP contribution in [0.2, 0.25) is 0 Å². The third-order valence-electron chi connectivity index (χ3n) is 12.1. The van der Waals surface area contributed by atoms with Crippen molar-refractivity contribution in [1.29, 1.82) is 0 Å². The Labute approximate surface area is 452 Å². The van der Waals surface area contributed by atoms with E-state index in [1.807, 2.05) is 6.92 Å². The summed E-state index contributed by atoms with van der Waals surface area (Å²) in [7, 11) is -20.2. The fourth-order valence-electron chi connectivity index (χ4n) is 7.92. The number of fused-ring (bicyclic) bond motifs is 2. The number of phenols is 1. The number of phenolic OH excluding ortho intramolecular Hbond substituents is 1. The topological polar surface area (TPSA) is 384 Å². The first-order valence-corrected chi connectivity index (χ1v) is 28.7. The Balaban J connectivity index is 0.987. The molecule has 0 radical (unpaired) electrons. The molecule has 0 heterocycles. The van der Waals surface area contributed by atoms with Gasteiger partial charge in [-0.25, -0.2) is 0 Å². The molecule has 8 N–H and O–H groups in total. The van der Waals surface area contributed by atoms with Gasteiger partial charge in [0.15, 0.2) is 12.5 Å². The van der Waals surface area contributed by atoms with Gasteiger partial charge in [-0.3, -0.25) is 18.2 Å². The Morgan fingerprint density at radius 1 is 0.430 bits per heavy atom. The summed E-state index contributed by atoms with van der Waals surface area (Å²) in [6.07, 6.45) is 0. The molecule has 0 spiro atoms. The van der Waals surface area contributed by atoms with Crippen molar-refractivity contribution in [3.8, 4) is 11.5 Å². The molecule has 28 heteroatoms. The number of nitrogens with one attached hydrogen (secondary N) is 1. The molecule has 8 aromatic carbocycles. The number of hydrogen-bond acceptors (Lipinski definition) is 20. The molecule has 24 nitrogen and oxygen atoms in total. The van der Waals surface area contributed by atoms with Gasteiger partial charge in [0.1, 0.15) is 31.8 Å². The highest BCUT2D eigenvalue weighted by atomic mass is 32.2. The SMILES string of the molecule is Cc1cc(N=Nc2cc(C)c(N=Nc3c(S(=O)(=O)O)cc4cc(NCOc5ccc(N)cc5)ccc4c3O)cc2C)c(C)cc1N=Nc1cc(C)c(N=Nc2cc3c(S(=O)(=O)O)cc(S(=O)(=O)O)cc3cc2S(=O)(=O)O)cc1C. The number of benzene rings is 8. The van der Waals surface area contributed by atoms with Crippen molar-refractivity contribution in [2.75, 3.05) is 17.8 Å². The lowest BCUT2D eigenvalue weighted by atomic mass is 10.1. The molecular weight excluding hydrogens is 1100 g/mol. The molecule has 8 rings (SSSR count). The van der Waals surface area contributed by atoms with Gasteiger partial charge in [-0.15, -0.1) is 10.2 Å². The Hall–Kier alpha value is -8.48. The molecule has 0 unspecified atom stereocenters. The van der Waals surface area contributed by atoms with E-state index in [4.69, 9.17) is 10.5 Å². The second-order valence-corrected chi connectivity index (χ2v) is 23.6. The number of anilines is 2. The zero-order valence-corrected chi connectivity index (χ0v) is 45.6. The minimum Gasteiger partial charge on any atom is -0.505 e. The molecular formula is C51H46N10O14S4. The maximum atomic E-state index is 12.6. The zero-order valence-electron chi connectivity index (χ0n) is 42.3. The van der Waals surface area contributed by atoms with Gasteiger partial charge in [-0.05, 0) is 195 Å². The van der Waals surface area contributed by atoms with E-state index in [9.17, 15) is 57.0 Å². The lowest BCUT2D eigenvalue weighted by molar-refractivity contribution is 0.347. The fraction of sp³-hybridized carbons (Fsp3) is 0.137. The zero-order chi connectivity index (χ0) is 57.5. The molecule has 0 saturated carbocycles. The van der Waals surface area contributed by atoms with Crippen LogP contribution in [0.1, 0.15) is 33.4 Å². The van der Waals surface area contributed by atoms with Crippen molar-refractivity contribution in [1.82, 2.24) is 0 Å². The van der Waals surface area contributed by atoms with Gasteiger partial charge in [0.05, 0.1) is 39.0 Å². The van der Waals surface area contributed by atoms with Crippen molar-refractivity contribution in [2.24, 2.45) is 40.9 Å². The van der Waals surface area contributed by atoms with E-state index in [1.165, 1.54) is 6.07 Å². The first-order valence-electron chi connectivity index (χ1n) is 23.0. The number of nitrogen functional groups attached to an aromatic ring is 1. The van der Waals surface area contributed by atoms with E-state index in [1.54, 1.807) is 113 Å². The van der Waals surface area contributed by atoms with Crippen LogP contribution in [0.5, 0.6) is 11.5 Å². The van der Waals surface area contributed by atoms with Gasteiger partial charge in [-0.1, -0.05) is 0 Å². The summed E-state index contributed by atoms with van der Waals surface area (Å²) in [5, 5.41) is 48.4. The van der Waals surface area contributed by atoms with Crippen molar-refractivity contribution < 1.29 is 61.7 Å². The van der Waals surface area contributed by atoms with E-state index >= 15 is 0 Å². The summed E-state index contributed by atoms with van der Waals surface area (Å²) in [5.41, 5.74) is 11.9. The van der Waals surface area contributed by atoms with Crippen molar-refractivity contribution >= 4 is 119 Å². The second kappa shape index (κ2) is 21.7. The third-order valence-corrected chi connectivity index (χ3v) is 15.6. The summed E-state index contributed by atoms with van der Waals surface area (Å²) in [6, 6.07) is 25.7. The van der Waals surface area contributed by atoms with Gasteiger partial charge < -0.3 is 20.9 Å². The molecule has 0 amide bonds. The Kier molecular flexibility index (Phi) is 15.6. The minimum absolute atomic E-state index is 0.0586. The minimum atomic E-state index is -5.15. The lowest BCUT2D eigenvalue weighted by Crippen LogP contribution is -2.08. The Morgan fingerprint density at radius 3 is 1.27 bits per heavy atom. The lowest BCUT2D eigenvalue weighted by Gasteiger charge is -2.12. The van der Waals surface area contributed by atoms with Gasteiger partial charge in [0.2, 0.25) is 0 Å². The third kappa shape index (κ3) is 12.9. The average Bonchev–Trinajstić information content (AvgIpc) is 3.40. The molecule has 408 valence electrons. The summed E-state index contributed by atoms with van der Waals surface area (Å²) < 4.78 is 144. The van der Waals surface area contributed by atoms with Crippen molar-refractivity contribution in [3.05, 3.63) is 143 Å². The first kappa shape index (κ1) is 56.7. The number of ether oxygens (including phenoxy) is 1. The highest BCUT2D eigenvalue weighted by Gasteiger charge is 2.26. The molecule has 0 aliphatic rings. The Bertz CT molecular complexity index is 4440. The van der Waals surface area contributed by atoms with Gasteiger partial charge >= 0.3 is 0 Å². The van der Waals surface area contributed by atoms with E-state index in [0.29, 0.717) is 85.0 Å². The standard InChI is InChI=1S/C51H46N10O14S4/c1-26-14-41(55-57-43-17-31(6)45(18-30(43)5)59-61-50-49(79(72,73)74)22-32-19-35(9-12-38(32)51(50)62)53-25-75-36-10-7-34(52)8-11-36)27(2)13-40(26)54-56-42-15-29(4)44(16-28(42)3)58-60-46-24-39-33(21-48(46)78(69,70)71)20-37(76(63,64)65)23-47(39)77(66,67)68/h7-24,53,62H,25,52H2,1-6H3,(H,63,64,65)(H,66,67,68)(H,69,70,71)(H,72,73,74). The van der Waals surface area contributed by atoms with E-state index < -0.39 is 88.0 Å². The molecule has 79 heavy (non-hydrogen) atoms. The van der Waals surface area contributed by atoms with Crippen LogP contribution in [0.4, 0.5) is 56.9 Å². The van der Waals surface area contributed by atoms with Crippen LogP contribution in [0.15, 0.2) is 170 Å². The first-order chi connectivity index (χ1) is 36.9. The van der Waals surface area contributed by atoms with E-state index in [2.05, 4.69) is 46.2 Å². The number of hydrogen-bond donors (Lipinski definition) is 7. The van der Waals surface area contributed by atoms with E-state index in [-0.39, 0.29) is 23.2 Å². The van der Waals surface area contributed by atoms with Crippen LogP contribution in [0, 0.1) is 41.5 Å². The van der Waals surface area contributed by atoms with Gasteiger partial charge in [0.25, 0.3) is 40.5 Å². The summed E-state index contributed by atoms with van der Waals surface area (Å²) >= 11 is 0. The van der Waals surface area contributed by atoms with Crippen LogP contribution in [-0.4, -0.2) is 63.7 Å². The second-order valence-electron chi connectivity index (χ2n) is 18.0. The highest BCUT2D eigenvalue weighted by Crippen LogP contribution is 2.44. The van der Waals surface area contributed by atoms with Crippen LogP contribution in [0.3, 0.4) is 0 Å². The maximum Gasteiger partial charge on any atom is 0.296 e. The summed E-state index contributed by atoms with van der Waals surface area (Å²) in [5.74, 6) is 0.0498. The molecule has 0 saturated heterocycles. The number of nitrogens with two attached hydrogens (primary N) is 1. The van der Waals surface area contributed by atoms with Crippen LogP contribution in [-0.2, 0) is 40.5 Å². The number of azo groups is 4. The summed E-state index contributed by atoms with van der Waals surface area (Å²) in [4.78, 5) is -3.51. The fourth-order valence-corrected chi connectivity index (χ4v) is 10.6. The smallest absolute Gasteiger partial charge is 0.296 e. The number of nitrogens with zero attached hydrogens (tertiary/aromatic N) is 8. The molecule has 0 aliphatic heterocycles. The molecule has 0 bridgehead atoms. The number of rotatable bonds is 16. The number of aromatic hydroxyl groups is 1. The number of aryl methyl sites for hydroxylation is 6. The van der Waals surface area contributed by atoms with Crippen molar-refractivity contribution in [3.63, 3.8) is 0 Å². The molecule has 0 atom stereocenters. The van der Waals surface area contributed by atoms with Gasteiger partial charge in [-0.2, -0.15) is 64.4 Å². The highest BCUT2D eigenvalue weighted by molar-refractivity contribution is 7.87. The summed E-state index contributed by atoms with van der Waals surface area (Å²) in [6.45, 7) is 10.5. The molecule has 0 fully saturated rings. The van der Waals surface area contributed by atoms with Crippen LogP contribution >= 0.6 is 0 Å². The molecule has 0 aliphatic carbocycles. The largest absolute Gasteiger partial charge is 0.505 e. The van der Waals surface area contributed by atoms with E-state index in [0.717, 1.165) is 18.2 Å². The maximum absolute atomic E-state index is 12.6. The predicted molar refractivity (Wildman–Crippen MR) is 293 cm³/mol. The average molecular weight is 1150 g/mol. The predicted octanol–water partition coefficient (Wildman–Crippen LogP) is 13.2. The molecule has 0 aromatic heterocycles. The van der Waals surface area contributed by atoms with Crippen LogP contribution in [0.25, 0.3) is 21.5 Å². The quantitative estimate of drug-likeness (QED) is 0.0204.